The molecule has 1 heterocycles. The zero-order valence-corrected chi connectivity index (χ0v) is 10.2. The maximum absolute atomic E-state index is 11.5. The number of sulfone groups is 1. The van der Waals surface area contributed by atoms with Crippen molar-refractivity contribution in [3.63, 3.8) is 0 Å². The lowest BCUT2D eigenvalue weighted by molar-refractivity contribution is -0.115. The van der Waals surface area contributed by atoms with Crippen LogP contribution in [-0.4, -0.2) is 35.8 Å². The van der Waals surface area contributed by atoms with Crippen molar-refractivity contribution in [2.75, 3.05) is 11.6 Å². The normalized spacial score (nSPS) is 13.2. The molecule has 0 aliphatic rings. The highest BCUT2D eigenvalue weighted by Crippen LogP contribution is 2.07. The lowest BCUT2D eigenvalue weighted by atomic mass is 10.4. The van der Waals surface area contributed by atoms with E-state index in [-0.39, 0.29) is 11.0 Å². The molecule has 8 heteroatoms. The van der Waals surface area contributed by atoms with E-state index in [0.29, 0.717) is 0 Å². The average molecular weight is 264 g/mol. The van der Waals surface area contributed by atoms with E-state index < -0.39 is 21.0 Å². The summed E-state index contributed by atoms with van der Waals surface area (Å²) >= 11 is 5.50. The first-order valence-corrected chi connectivity index (χ1v) is 6.61. The van der Waals surface area contributed by atoms with Crippen molar-refractivity contribution in [2.45, 2.75) is 12.2 Å². The average Bonchev–Trinajstić information content (AvgIpc) is 2.19. The lowest BCUT2D eigenvalue weighted by Gasteiger charge is -2.09. The van der Waals surface area contributed by atoms with Gasteiger partial charge >= 0.3 is 0 Å². The smallest absolute Gasteiger partial charge is 0.243 e. The molecule has 1 aromatic heterocycles. The molecule has 6 nitrogen and oxygen atoms in total. The second-order valence-corrected chi connectivity index (χ2v) is 5.94. The van der Waals surface area contributed by atoms with E-state index in [1.165, 1.54) is 19.3 Å². The fourth-order valence-electron chi connectivity index (χ4n) is 0.799. The van der Waals surface area contributed by atoms with E-state index >= 15 is 0 Å². The molecule has 1 amide bonds. The van der Waals surface area contributed by atoms with E-state index in [0.717, 1.165) is 6.26 Å². The van der Waals surface area contributed by atoms with Gasteiger partial charge in [-0.1, -0.05) is 11.6 Å². The molecule has 0 bridgehead atoms. The Morgan fingerprint density at radius 3 is 2.50 bits per heavy atom. The van der Waals surface area contributed by atoms with E-state index in [1.54, 1.807) is 0 Å². The molecule has 0 fully saturated rings. The van der Waals surface area contributed by atoms with E-state index in [9.17, 15) is 13.2 Å². The van der Waals surface area contributed by atoms with Crippen LogP contribution in [0.25, 0.3) is 0 Å². The van der Waals surface area contributed by atoms with Crippen LogP contribution in [0.3, 0.4) is 0 Å². The van der Waals surface area contributed by atoms with Gasteiger partial charge in [-0.15, -0.1) is 0 Å². The Labute approximate surface area is 98.0 Å². The van der Waals surface area contributed by atoms with Crippen molar-refractivity contribution < 1.29 is 13.2 Å². The van der Waals surface area contributed by atoms with Crippen LogP contribution in [0.15, 0.2) is 12.4 Å². The maximum Gasteiger partial charge on any atom is 0.243 e. The summed E-state index contributed by atoms with van der Waals surface area (Å²) in [7, 11) is -3.42. The van der Waals surface area contributed by atoms with Gasteiger partial charge in [-0.2, -0.15) is 0 Å². The van der Waals surface area contributed by atoms with Crippen molar-refractivity contribution in [3.8, 4) is 0 Å². The van der Waals surface area contributed by atoms with Gasteiger partial charge in [-0.25, -0.2) is 18.4 Å². The molecule has 0 saturated carbocycles. The number of carbonyl (C=O) groups excluding carboxylic acids is 1. The van der Waals surface area contributed by atoms with E-state index in [2.05, 4.69) is 15.3 Å². The van der Waals surface area contributed by atoms with Gasteiger partial charge in [0, 0.05) is 6.26 Å². The molecule has 0 aliphatic carbocycles. The van der Waals surface area contributed by atoms with Crippen molar-refractivity contribution in [3.05, 3.63) is 17.5 Å². The molecular formula is C8H10ClN3O3S. The van der Waals surface area contributed by atoms with Crippen molar-refractivity contribution in [1.29, 1.82) is 0 Å². The first-order chi connectivity index (χ1) is 7.30. The van der Waals surface area contributed by atoms with Crippen LogP contribution in [0.2, 0.25) is 5.15 Å². The van der Waals surface area contributed by atoms with Gasteiger partial charge in [0.05, 0.1) is 12.4 Å². The molecule has 0 aromatic carbocycles. The summed E-state index contributed by atoms with van der Waals surface area (Å²) in [6.07, 6.45) is 3.49. The van der Waals surface area contributed by atoms with Gasteiger partial charge in [0.2, 0.25) is 5.91 Å². The molecular weight excluding hydrogens is 254 g/mol. The molecule has 0 radical (unpaired) electrons. The summed E-state index contributed by atoms with van der Waals surface area (Å²) in [6, 6.07) is 0. The van der Waals surface area contributed by atoms with Crippen LogP contribution in [0, 0.1) is 0 Å². The van der Waals surface area contributed by atoms with E-state index in [4.69, 9.17) is 11.6 Å². The second kappa shape index (κ2) is 4.75. The summed E-state index contributed by atoms with van der Waals surface area (Å²) in [6.45, 7) is 1.30. The topological polar surface area (TPSA) is 89.0 Å². The van der Waals surface area contributed by atoms with Gasteiger partial charge in [0.1, 0.15) is 10.4 Å². The molecule has 1 atom stereocenters. The monoisotopic (exact) mass is 263 g/mol. The van der Waals surface area contributed by atoms with Crippen molar-refractivity contribution >= 4 is 33.2 Å². The van der Waals surface area contributed by atoms with Crippen LogP contribution >= 0.6 is 11.6 Å². The molecule has 88 valence electrons. The number of amides is 1. The summed E-state index contributed by atoms with van der Waals surface area (Å²) in [5, 5.41) is 1.38. The Morgan fingerprint density at radius 1 is 1.44 bits per heavy atom. The molecule has 1 aromatic rings. The summed E-state index contributed by atoms with van der Waals surface area (Å²) in [5.41, 5.74) is 0. The van der Waals surface area contributed by atoms with E-state index in [1.807, 2.05) is 0 Å². The van der Waals surface area contributed by atoms with Crippen LogP contribution in [0.4, 0.5) is 5.82 Å². The Kier molecular flexibility index (Phi) is 3.82. The molecule has 0 saturated heterocycles. The van der Waals surface area contributed by atoms with Gasteiger partial charge in [-0.05, 0) is 6.92 Å². The fourth-order valence-corrected chi connectivity index (χ4v) is 1.34. The number of anilines is 1. The van der Waals surface area contributed by atoms with Crippen molar-refractivity contribution in [1.82, 2.24) is 9.97 Å². The van der Waals surface area contributed by atoms with Crippen LogP contribution in [0.1, 0.15) is 6.92 Å². The van der Waals surface area contributed by atoms with Gasteiger partial charge < -0.3 is 5.32 Å². The summed E-state index contributed by atoms with van der Waals surface area (Å²) in [5.74, 6) is -0.496. The summed E-state index contributed by atoms with van der Waals surface area (Å²) in [4.78, 5) is 18.9. The number of nitrogens with one attached hydrogen (secondary N) is 1. The molecule has 1 N–H and O–H groups in total. The lowest BCUT2D eigenvalue weighted by Crippen LogP contribution is -2.32. The number of rotatable bonds is 3. The third-order valence-electron chi connectivity index (χ3n) is 1.88. The third-order valence-corrected chi connectivity index (χ3v) is 3.58. The van der Waals surface area contributed by atoms with Crippen LogP contribution < -0.4 is 5.32 Å². The highest BCUT2D eigenvalue weighted by molar-refractivity contribution is 7.92. The largest absolute Gasteiger partial charge is 0.308 e. The molecule has 0 aliphatic heterocycles. The number of nitrogens with zero attached hydrogens (tertiary/aromatic N) is 2. The first-order valence-electron chi connectivity index (χ1n) is 4.28. The van der Waals surface area contributed by atoms with Crippen molar-refractivity contribution in [2.24, 2.45) is 0 Å². The maximum atomic E-state index is 11.5. The van der Waals surface area contributed by atoms with Crippen LogP contribution in [0.5, 0.6) is 0 Å². The number of carbonyl (C=O) groups is 1. The highest BCUT2D eigenvalue weighted by atomic mass is 35.5. The first kappa shape index (κ1) is 12.9. The Bertz CT molecular complexity index is 486. The Hall–Kier alpha value is -1.21. The number of aromatic nitrogens is 2. The highest BCUT2D eigenvalue weighted by Gasteiger charge is 2.23. The zero-order chi connectivity index (χ0) is 12.3. The molecule has 16 heavy (non-hydrogen) atoms. The number of hydrogen-bond donors (Lipinski definition) is 1. The zero-order valence-electron chi connectivity index (χ0n) is 8.64. The predicted octanol–water partition coefficient (Wildman–Crippen LogP) is 0.502. The minimum Gasteiger partial charge on any atom is -0.308 e. The number of halogens is 1. The molecule has 1 unspecified atom stereocenters. The summed E-state index contributed by atoms with van der Waals surface area (Å²) < 4.78 is 22.2. The minimum absolute atomic E-state index is 0.157. The predicted molar refractivity (Wildman–Crippen MR) is 60.0 cm³/mol. The third kappa shape index (κ3) is 3.42. The molecule has 1 rings (SSSR count). The van der Waals surface area contributed by atoms with Crippen LogP contribution in [-0.2, 0) is 14.6 Å². The minimum atomic E-state index is -3.42. The Morgan fingerprint density at radius 2 is 2.06 bits per heavy atom. The standard InChI is InChI=1S/C8H10ClN3O3S/c1-5(16(2,14)15)8(13)12-7-4-10-6(9)3-11-7/h3-5H,1-2H3,(H,11,12,13). The quantitative estimate of drug-likeness (QED) is 0.858. The fraction of sp³-hybridized carbons (Fsp3) is 0.375. The Balaban J connectivity index is 2.76. The van der Waals surface area contributed by atoms with Gasteiger partial charge in [-0.3, -0.25) is 4.79 Å². The van der Waals surface area contributed by atoms with Gasteiger partial charge in [0.15, 0.2) is 15.7 Å². The second-order valence-electron chi connectivity index (χ2n) is 3.19. The van der Waals surface area contributed by atoms with Gasteiger partial charge in [0.25, 0.3) is 0 Å². The SMILES string of the molecule is CC(C(=O)Nc1cnc(Cl)cn1)S(C)(=O)=O. The molecule has 0 spiro atoms. The number of hydrogen-bond acceptors (Lipinski definition) is 5.